The van der Waals surface area contributed by atoms with E-state index in [2.05, 4.69) is 12.2 Å². The number of benzene rings is 1. The molecule has 1 N–H and O–H groups in total. The van der Waals surface area contributed by atoms with E-state index in [-0.39, 0.29) is 5.91 Å². The summed E-state index contributed by atoms with van der Waals surface area (Å²) in [6, 6.07) is 7.31. The van der Waals surface area contributed by atoms with Gasteiger partial charge in [0.05, 0.1) is 0 Å². The lowest BCUT2D eigenvalue weighted by Gasteiger charge is -2.04. The lowest BCUT2D eigenvalue weighted by atomic mass is 10.1. The Balaban J connectivity index is 2.65. The lowest BCUT2D eigenvalue weighted by Crippen LogP contribution is -2.17. The molecule has 0 bridgehead atoms. The maximum atomic E-state index is 11.7. The summed E-state index contributed by atoms with van der Waals surface area (Å²) in [6.07, 6.45) is 2.05. The molecule has 94 valence electrons. The van der Waals surface area contributed by atoms with Crippen molar-refractivity contribution in [2.45, 2.75) is 25.5 Å². The molecule has 0 spiro atoms. The van der Waals surface area contributed by atoms with E-state index in [0.29, 0.717) is 11.3 Å². The van der Waals surface area contributed by atoms with Gasteiger partial charge in [-0.1, -0.05) is 25.5 Å². The molecule has 0 saturated carbocycles. The Morgan fingerprint density at radius 2 is 2.18 bits per heavy atom. The van der Waals surface area contributed by atoms with Gasteiger partial charge in [-0.05, 0) is 24.1 Å². The van der Waals surface area contributed by atoms with Gasteiger partial charge < -0.3 is 5.32 Å². The van der Waals surface area contributed by atoms with E-state index in [0.717, 1.165) is 24.2 Å². The fourth-order valence-corrected chi connectivity index (χ4v) is 2.82. The molecule has 0 radical (unpaired) electrons. The van der Waals surface area contributed by atoms with Crippen LogP contribution in [-0.4, -0.2) is 22.9 Å². The molecule has 0 aliphatic heterocycles. The molecule has 0 aliphatic rings. The monoisotopic (exact) mass is 253 g/mol. The van der Waals surface area contributed by atoms with Crippen LogP contribution in [0.2, 0.25) is 0 Å². The van der Waals surface area contributed by atoms with Crippen molar-refractivity contribution in [1.82, 2.24) is 5.32 Å². The van der Waals surface area contributed by atoms with Crippen molar-refractivity contribution in [1.29, 1.82) is 0 Å². The van der Waals surface area contributed by atoms with Crippen molar-refractivity contribution >= 4 is 16.7 Å². The molecule has 0 aromatic heterocycles. The number of rotatable bonds is 6. The summed E-state index contributed by atoms with van der Waals surface area (Å²) in [5.74, 6) is 1.16. The van der Waals surface area contributed by atoms with Gasteiger partial charge in [0.25, 0.3) is 5.91 Å². The quantitative estimate of drug-likeness (QED) is 0.844. The molecular formula is C13H19NO2S. The molecule has 0 heterocycles. The Morgan fingerprint density at radius 3 is 2.82 bits per heavy atom. The highest BCUT2D eigenvalue weighted by molar-refractivity contribution is 7.84. The molecule has 1 aromatic carbocycles. The maximum Gasteiger partial charge on any atom is 0.251 e. The second-order valence-corrected chi connectivity index (χ2v) is 5.50. The largest absolute Gasteiger partial charge is 0.355 e. The summed E-state index contributed by atoms with van der Waals surface area (Å²) < 4.78 is 11.7. The van der Waals surface area contributed by atoms with Gasteiger partial charge in [-0.3, -0.25) is 9.00 Å². The molecule has 1 unspecified atom stereocenters. The van der Waals surface area contributed by atoms with Crippen LogP contribution in [0.25, 0.3) is 0 Å². The first kappa shape index (κ1) is 13.9. The first-order valence-corrected chi connectivity index (χ1v) is 7.32. The molecular weight excluding hydrogens is 234 g/mol. The van der Waals surface area contributed by atoms with Crippen molar-refractivity contribution in [2.75, 3.05) is 12.8 Å². The van der Waals surface area contributed by atoms with Gasteiger partial charge in [-0.2, -0.15) is 0 Å². The van der Waals surface area contributed by atoms with Crippen LogP contribution >= 0.6 is 0 Å². The lowest BCUT2D eigenvalue weighted by molar-refractivity contribution is 0.0963. The molecule has 0 aliphatic carbocycles. The van der Waals surface area contributed by atoms with Gasteiger partial charge in [0.15, 0.2) is 0 Å². The predicted molar refractivity (Wildman–Crippen MR) is 71.5 cm³/mol. The molecule has 1 aromatic rings. The summed E-state index contributed by atoms with van der Waals surface area (Å²) in [5, 5.41) is 2.58. The van der Waals surface area contributed by atoms with E-state index in [1.807, 2.05) is 18.2 Å². The van der Waals surface area contributed by atoms with Crippen LogP contribution < -0.4 is 5.32 Å². The first-order chi connectivity index (χ1) is 8.17. The molecule has 0 saturated heterocycles. The molecule has 1 rings (SSSR count). The average Bonchev–Trinajstić information content (AvgIpc) is 2.35. The number of hydrogen-bond donors (Lipinski definition) is 1. The summed E-state index contributed by atoms with van der Waals surface area (Å²) in [6.45, 7) is 2.09. The minimum atomic E-state index is -0.826. The highest BCUT2D eigenvalue weighted by atomic mass is 32.2. The predicted octanol–water partition coefficient (Wildman–Crippen LogP) is 2.09. The number of carbonyl (C=O) groups is 1. The zero-order valence-electron chi connectivity index (χ0n) is 10.4. The summed E-state index contributed by atoms with van der Waals surface area (Å²) in [7, 11) is 0.780. The van der Waals surface area contributed by atoms with Crippen LogP contribution in [0.1, 0.15) is 35.7 Å². The topological polar surface area (TPSA) is 46.2 Å². The van der Waals surface area contributed by atoms with Gasteiger partial charge in [-0.25, -0.2) is 0 Å². The van der Waals surface area contributed by atoms with E-state index in [1.165, 1.54) is 0 Å². The SMILES string of the molecule is CCCCS(=O)Cc1cccc(C(=O)NC)c1. The van der Waals surface area contributed by atoms with Crippen LogP contribution in [0.4, 0.5) is 0 Å². The van der Waals surface area contributed by atoms with Crippen molar-refractivity contribution in [3.05, 3.63) is 35.4 Å². The van der Waals surface area contributed by atoms with Crippen LogP contribution in [0.3, 0.4) is 0 Å². The zero-order valence-corrected chi connectivity index (χ0v) is 11.2. The number of hydrogen-bond acceptors (Lipinski definition) is 2. The Hall–Kier alpha value is -1.16. The van der Waals surface area contributed by atoms with Crippen molar-refractivity contribution in [3.63, 3.8) is 0 Å². The zero-order chi connectivity index (χ0) is 12.7. The third kappa shape index (κ3) is 4.69. The van der Waals surface area contributed by atoms with Crippen molar-refractivity contribution < 1.29 is 9.00 Å². The Morgan fingerprint density at radius 1 is 1.41 bits per heavy atom. The maximum absolute atomic E-state index is 11.7. The number of carbonyl (C=O) groups excluding carboxylic acids is 1. The molecule has 4 heteroatoms. The normalized spacial score (nSPS) is 12.1. The Bertz CT molecular complexity index is 404. The third-order valence-corrected chi connectivity index (χ3v) is 3.87. The van der Waals surface area contributed by atoms with Gasteiger partial charge in [0.1, 0.15) is 0 Å². The van der Waals surface area contributed by atoms with Crippen LogP contribution in [0, 0.1) is 0 Å². The number of amides is 1. The minimum absolute atomic E-state index is 0.105. The smallest absolute Gasteiger partial charge is 0.251 e. The molecule has 1 atom stereocenters. The second kappa shape index (κ2) is 7.22. The average molecular weight is 253 g/mol. The van der Waals surface area contributed by atoms with E-state index in [9.17, 15) is 9.00 Å². The second-order valence-electron chi connectivity index (χ2n) is 3.92. The summed E-state index contributed by atoms with van der Waals surface area (Å²) in [4.78, 5) is 11.4. The van der Waals surface area contributed by atoms with E-state index in [1.54, 1.807) is 13.1 Å². The summed E-state index contributed by atoms with van der Waals surface area (Å²) >= 11 is 0. The van der Waals surface area contributed by atoms with Crippen molar-refractivity contribution in [2.24, 2.45) is 0 Å². The highest BCUT2D eigenvalue weighted by Crippen LogP contribution is 2.08. The van der Waals surface area contributed by atoms with E-state index in [4.69, 9.17) is 0 Å². The third-order valence-electron chi connectivity index (χ3n) is 2.47. The summed E-state index contributed by atoms with van der Waals surface area (Å²) in [5.41, 5.74) is 1.58. The number of unbranched alkanes of at least 4 members (excludes halogenated alkanes) is 1. The van der Waals surface area contributed by atoms with Gasteiger partial charge >= 0.3 is 0 Å². The standard InChI is InChI=1S/C13H19NO2S/c1-3-4-8-17(16)10-11-6-5-7-12(9-11)13(15)14-2/h5-7,9H,3-4,8,10H2,1-2H3,(H,14,15). The molecule has 17 heavy (non-hydrogen) atoms. The van der Waals surface area contributed by atoms with Crippen molar-refractivity contribution in [3.8, 4) is 0 Å². The fourth-order valence-electron chi connectivity index (χ4n) is 1.51. The van der Waals surface area contributed by atoms with Gasteiger partial charge in [0, 0.05) is 34.9 Å². The number of nitrogens with one attached hydrogen (secondary N) is 1. The molecule has 0 fully saturated rings. The Kier molecular flexibility index (Phi) is 5.91. The van der Waals surface area contributed by atoms with E-state index < -0.39 is 10.8 Å². The van der Waals surface area contributed by atoms with Crippen LogP contribution in [0.15, 0.2) is 24.3 Å². The van der Waals surface area contributed by atoms with Crippen LogP contribution in [-0.2, 0) is 16.6 Å². The van der Waals surface area contributed by atoms with Crippen LogP contribution in [0.5, 0.6) is 0 Å². The van der Waals surface area contributed by atoms with Gasteiger partial charge in [0.2, 0.25) is 0 Å². The molecule has 3 nitrogen and oxygen atoms in total. The van der Waals surface area contributed by atoms with Gasteiger partial charge in [-0.15, -0.1) is 0 Å². The fraction of sp³-hybridized carbons (Fsp3) is 0.462. The first-order valence-electron chi connectivity index (χ1n) is 5.83. The highest BCUT2D eigenvalue weighted by Gasteiger charge is 2.06. The van der Waals surface area contributed by atoms with E-state index >= 15 is 0 Å². The Labute approximate surface area is 105 Å². The minimum Gasteiger partial charge on any atom is -0.355 e. The molecule has 1 amide bonds.